The van der Waals surface area contributed by atoms with Crippen molar-refractivity contribution in [2.24, 2.45) is 5.10 Å². The molecule has 2 aromatic rings. The number of hydrogen-bond acceptors (Lipinski definition) is 4. The Morgan fingerprint density at radius 1 is 1.04 bits per heavy atom. The van der Waals surface area contributed by atoms with Gasteiger partial charge in [0.05, 0.1) is 19.9 Å². The number of nitrogens with zero attached hydrogens (tertiary/aromatic N) is 1. The van der Waals surface area contributed by atoms with E-state index in [1.807, 2.05) is 44.2 Å². The van der Waals surface area contributed by atoms with Gasteiger partial charge in [-0.2, -0.15) is 5.10 Å². The Labute approximate surface area is 160 Å². The van der Waals surface area contributed by atoms with E-state index in [4.69, 9.17) is 21.7 Å². The highest BCUT2D eigenvalue weighted by molar-refractivity contribution is 7.80. The van der Waals surface area contributed by atoms with E-state index >= 15 is 0 Å². The Morgan fingerprint density at radius 3 is 2.38 bits per heavy atom. The summed E-state index contributed by atoms with van der Waals surface area (Å²) in [7, 11) is 3.23. The maximum Gasteiger partial charge on any atom is 0.191 e. The second-order valence-electron chi connectivity index (χ2n) is 5.87. The molecule has 138 valence electrons. The van der Waals surface area contributed by atoms with Crippen LogP contribution < -0.4 is 20.2 Å². The molecule has 0 aromatic heterocycles. The maximum atomic E-state index is 5.36. The van der Waals surface area contributed by atoms with Gasteiger partial charge in [-0.25, -0.2) is 0 Å². The fourth-order valence-corrected chi connectivity index (χ4v) is 2.74. The normalized spacial score (nSPS) is 11.0. The lowest BCUT2D eigenvalue weighted by molar-refractivity contribution is 0.355. The van der Waals surface area contributed by atoms with E-state index in [9.17, 15) is 0 Å². The molecule has 0 radical (unpaired) electrons. The fourth-order valence-electron chi connectivity index (χ4n) is 2.59. The summed E-state index contributed by atoms with van der Waals surface area (Å²) in [5, 5.41) is 8.08. The van der Waals surface area contributed by atoms with Crippen molar-refractivity contribution >= 4 is 28.7 Å². The van der Waals surface area contributed by atoms with Crippen molar-refractivity contribution in [3.8, 4) is 11.5 Å². The summed E-state index contributed by atoms with van der Waals surface area (Å²) in [6, 6.07) is 11.9. The summed E-state index contributed by atoms with van der Waals surface area (Å²) in [5.74, 6) is 1.36. The molecule has 0 saturated carbocycles. The van der Waals surface area contributed by atoms with Gasteiger partial charge in [0.15, 0.2) is 16.6 Å². The Bertz CT molecular complexity index is 819. The van der Waals surface area contributed by atoms with E-state index in [0.29, 0.717) is 16.6 Å². The van der Waals surface area contributed by atoms with Crippen LogP contribution >= 0.6 is 12.2 Å². The molecule has 0 atom stereocenters. The predicted molar refractivity (Wildman–Crippen MR) is 112 cm³/mol. The summed E-state index contributed by atoms with van der Waals surface area (Å²) in [6.07, 6.45) is 0.745. The minimum absolute atomic E-state index is 0.448. The van der Waals surface area contributed by atoms with Gasteiger partial charge in [-0.05, 0) is 62.3 Å². The third-order valence-corrected chi connectivity index (χ3v) is 4.17. The molecule has 26 heavy (non-hydrogen) atoms. The van der Waals surface area contributed by atoms with Crippen molar-refractivity contribution in [3.05, 3.63) is 53.1 Å². The summed E-state index contributed by atoms with van der Waals surface area (Å²) in [5.41, 5.74) is 8.06. The van der Waals surface area contributed by atoms with Gasteiger partial charge in [0.2, 0.25) is 0 Å². The van der Waals surface area contributed by atoms with Crippen molar-refractivity contribution in [2.45, 2.75) is 27.2 Å². The number of methoxy groups -OCH3 is 2. The number of hydrogen-bond donors (Lipinski definition) is 2. The van der Waals surface area contributed by atoms with E-state index in [1.54, 1.807) is 14.2 Å². The molecule has 0 bridgehead atoms. The second kappa shape index (κ2) is 9.20. The zero-order valence-electron chi connectivity index (χ0n) is 15.8. The van der Waals surface area contributed by atoms with Crippen LogP contribution in [0.25, 0.3) is 0 Å². The Morgan fingerprint density at radius 2 is 1.77 bits per heavy atom. The molecule has 0 fully saturated rings. The van der Waals surface area contributed by atoms with Crippen molar-refractivity contribution in [1.29, 1.82) is 0 Å². The van der Waals surface area contributed by atoms with Gasteiger partial charge < -0.3 is 14.8 Å². The third-order valence-electron chi connectivity index (χ3n) is 3.97. The highest BCUT2D eigenvalue weighted by atomic mass is 32.1. The standard InChI is InChI=1S/C20H25N3O2S/c1-6-16(15-8-10-18(24-4)19(12-15)25-5)22-23-20(26)21-17-9-7-13(2)11-14(17)3/h7-12H,6H2,1-5H3,(H2,21,23,26)/b22-16+. The molecule has 2 N–H and O–H groups in total. The van der Waals surface area contributed by atoms with Crippen molar-refractivity contribution < 1.29 is 9.47 Å². The molecule has 2 rings (SSSR count). The smallest absolute Gasteiger partial charge is 0.191 e. The number of rotatable bonds is 6. The molecule has 6 heteroatoms. The number of anilines is 1. The van der Waals surface area contributed by atoms with Gasteiger partial charge in [-0.3, -0.25) is 5.43 Å². The highest BCUT2D eigenvalue weighted by Crippen LogP contribution is 2.28. The van der Waals surface area contributed by atoms with Crippen LogP contribution in [-0.2, 0) is 0 Å². The number of thiocarbonyl (C=S) groups is 1. The van der Waals surface area contributed by atoms with E-state index < -0.39 is 0 Å². The molecule has 0 aliphatic rings. The second-order valence-corrected chi connectivity index (χ2v) is 6.27. The number of aryl methyl sites for hydroxylation is 2. The maximum absolute atomic E-state index is 5.36. The minimum Gasteiger partial charge on any atom is -0.493 e. The van der Waals surface area contributed by atoms with Gasteiger partial charge in [-0.15, -0.1) is 0 Å². The van der Waals surface area contributed by atoms with Crippen LogP contribution in [0.2, 0.25) is 0 Å². The van der Waals surface area contributed by atoms with E-state index in [0.717, 1.165) is 28.9 Å². The summed E-state index contributed by atoms with van der Waals surface area (Å²) < 4.78 is 10.6. The fraction of sp³-hybridized carbons (Fsp3) is 0.300. The van der Waals surface area contributed by atoms with Crippen LogP contribution in [0.4, 0.5) is 5.69 Å². The van der Waals surface area contributed by atoms with E-state index in [-0.39, 0.29) is 0 Å². The molecule has 0 aliphatic heterocycles. The Hall–Kier alpha value is -2.60. The van der Waals surface area contributed by atoms with Gasteiger partial charge in [0.25, 0.3) is 0 Å². The van der Waals surface area contributed by atoms with Crippen LogP contribution in [0, 0.1) is 13.8 Å². The van der Waals surface area contributed by atoms with Gasteiger partial charge in [0.1, 0.15) is 0 Å². The van der Waals surface area contributed by atoms with Crippen molar-refractivity contribution in [3.63, 3.8) is 0 Å². The molecule has 5 nitrogen and oxygen atoms in total. The molecule has 0 heterocycles. The number of benzene rings is 2. The first kappa shape index (κ1) is 19.7. The Kier molecular flexibility index (Phi) is 6.97. The van der Waals surface area contributed by atoms with Gasteiger partial charge in [0, 0.05) is 11.3 Å². The van der Waals surface area contributed by atoms with Crippen LogP contribution in [0.15, 0.2) is 41.5 Å². The SMILES string of the molecule is CC/C(=N\NC(=S)Nc1ccc(C)cc1C)c1ccc(OC)c(OC)c1. The van der Waals surface area contributed by atoms with Crippen LogP contribution in [0.1, 0.15) is 30.0 Å². The number of hydrazone groups is 1. The third kappa shape index (κ3) is 4.95. The zero-order valence-corrected chi connectivity index (χ0v) is 16.7. The average molecular weight is 372 g/mol. The van der Waals surface area contributed by atoms with Crippen LogP contribution in [-0.4, -0.2) is 25.0 Å². The van der Waals surface area contributed by atoms with Gasteiger partial charge >= 0.3 is 0 Å². The first-order valence-electron chi connectivity index (χ1n) is 8.41. The molecule has 0 amide bonds. The molecule has 0 unspecified atom stereocenters. The van der Waals surface area contributed by atoms with Crippen molar-refractivity contribution in [2.75, 3.05) is 19.5 Å². The predicted octanol–water partition coefficient (Wildman–Crippen LogP) is 4.42. The summed E-state index contributed by atoms with van der Waals surface area (Å²) in [4.78, 5) is 0. The molecule has 0 aliphatic carbocycles. The largest absolute Gasteiger partial charge is 0.493 e. The lowest BCUT2D eigenvalue weighted by Crippen LogP contribution is -2.25. The first-order valence-corrected chi connectivity index (χ1v) is 8.82. The monoisotopic (exact) mass is 371 g/mol. The first-order chi connectivity index (χ1) is 12.5. The average Bonchev–Trinajstić information content (AvgIpc) is 2.64. The lowest BCUT2D eigenvalue weighted by atomic mass is 10.1. The summed E-state index contributed by atoms with van der Waals surface area (Å²) in [6.45, 7) is 6.15. The molecular formula is C20H25N3O2S. The summed E-state index contributed by atoms with van der Waals surface area (Å²) >= 11 is 5.36. The quantitative estimate of drug-likeness (QED) is 0.447. The number of ether oxygens (including phenoxy) is 2. The van der Waals surface area contributed by atoms with Gasteiger partial charge in [-0.1, -0.05) is 24.6 Å². The van der Waals surface area contributed by atoms with Crippen LogP contribution in [0.3, 0.4) is 0 Å². The lowest BCUT2D eigenvalue weighted by Gasteiger charge is -2.13. The van der Waals surface area contributed by atoms with Crippen molar-refractivity contribution in [1.82, 2.24) is 5.43 Å². The number of nitrogens with one attached hydrogen (secondary N) is 2. The molecule has 2 aromatic carbocycles. The Balaban J connectivity index is 2.12. The van der Waals surface area contributed by atoms with Crippen LogP contribution in [0.5, 0.6) is 11.5 Å². The molecular weight excluding hydrogens is 346 g/mol. The zero-order chi connectivity index (χ0) is 19.1. The van der Waals surface area contributed by atoms with E-state index in [1.165, 1.54) is 5.56 Å². The molecule has 0 saturated heterocycles. The minimum atomic E-state index is 0.448. The molecule has 0 spiro atoms. The topological polar surface area (TPSA) is 54.9 Å². The highest BCUT2D eigenvalue weighted by Gasteiger charge is 2.09. The van der Waals surface area contributed by atoms with E-state index in [2.05, 4.69) is 28.8 Å².